The second-order valence-corrected chi connectivity index (χ2v) is 7.99. The summed E-state index contributed by atoms with van der Waals surface area (Å²) in [5.41, 5.74) is 3.32. The van der Waals surface area contributed by atoms with Gasteiger partial charge in [-0.25, -0.2) is 4.79 Å². The Morgan fingerprint density at radius 2 is 2.00 bits per heavy atom. The van der Waals surface area contributed by atoms with Crippen LogP contribution in [0.2, 0.25) is 0 Å². The van der Waals surface area contributed by atoms with Crippen molar-refractivity contribution in [3.8, 4) is 11.3 Å². The monoisotopic (exact) mass is 394 g/mol. The average molecular weight is 394 g/mol. The van der Waals surface area contributed by atoms with Gasteiger partial charge in [0.2, 0.25) is 0 Å². The van der Waals surface area contributed by atoms with E-state index in [0.29, 0.717) is 18.0 Å². The van der Waals surface area contributed by atoms with Crippen LogP contribution in [-0.2, 0) is 17.8 Å². The molecule has 3 aromatic rings. The molecule has 3 heterocycles. The lowest BCUT2D eigenvalue weighted by atomic mass is 10.0. The fraction of sp³-hybridized carbons (Fsp3) is 0.350. The van der Waals surface area contributed by atoms with Crippen molar-refractivity contribution in [2.24, 2.45) is 0 Å². The lowest BCUT2D eigenvalue weighted by Crippen LogP contribution is -2.32. The van der Waals surface area contributed by atoms with Gasteiger partial charge in [0.1, 0.15) is 5.60 Å². The molecule has 0 saturated heterocycles. The fourth-order valence-electron chi connectivity index (χ4n) is 3.19. The van der Waals surface area contributed by atoms with E-state index < -0.39 is 11.7 Å². The molecule has 0 radical (unpaired) electrons. The third-order valence-corrected chi connectivity index (χ3v) is 4.50. The van der Waals surface area contributed by atoms with E-state index in [-0.39, 0.29) is 12.5 Å². The maximum atomic E-state index is 12.1. The third-order valence-electron chi connectivity index (χ3n) is 4.50. The number of amides is 2. The Morgan fingerprint density at radius 1 is 1.21 bits per heavy atom. The summed E-state index contributed by atoms with van der Waals surface area (Å²) >= 11 is 0. The van der Waals surface area contributed by atoms with Crippen LogP contribution in [0.25, 0.3) is 16.9 Å². The molecule has 9 nitrogen and oxygen atoms in total. The van der Waals surface area contributed by atoms with Gasteiger partial charge in [-0.05, 0) is 50.6 Å². The van der Waals surface area contributed by atoms with Gasteiger partial charge in [-0.2, -0.15) is 9.61 Å². The third kappa shape index (κ3) is 3.75. The lowest BCUT2D eigenvalue weighted by molar-refractivity contribution is 0.0521. The Morgan fingerprint density at radius 3 is 2.76 bits per heavy atom. The quantitative estimate of drug-likeness (QED) is 0.732. The summed E-state index contributed by atoms with van der Waals surface area (Å²) < 4.78 is 6.84. The Bertz CT molecular complexity index is 1120. The summed E-state index contributed by atoms with van der Waals surface area (Å²) in [6.07, 6.45) is -0.530. The Balaban J connectivity index is 1.59. The molecule has 2 amide bonds. The zero-order valence-corrected chi connectivity index (χ0v) is 16.8. The minimum Gasteiger partial charge on any atom is -0.444 e. The number of carbonyl (C=O) groups is 2. The molecule has 1 aromatic carbocycles. The van der Waals surface area contributed by atoms with Gasteiger partial charge in [0, 0.05) is 24.7 Å². The van der Waals surface area contributed by atoms with Crippen LogP contribution in [0.15, 0.2) is 30.3 Å². The first-order valence-electron chi connectivity index (χ1n) is 9.28. The molecular formula is C20H22N6O3. The van der Waals surface area contributed by atoms with Gasteiger partial charge in [-0.3, -0.25) is 4.79 Å². The minimum absolute atomic E-state index is 0.0317. The predicted octanol–water partition coefficient (Wildman–Crippen LogP) is 2.40. The van der Waals surface area contributed by atoms with Crippen LogP contribution in [0.4, 0.5) is 4.79 Å². The molecule has 1 aliphatic rings. The minimum atomic E-state index is -0.578. The lowest BCUT2D eigenvalue weighted by Gasteiger charge is -2.19. The molecule has 0 unspecified atom stereocenters. The van der Waals surface area contributed by atoms with Gasteiger partial charge >= 0.3 is 6.09 Å². The second kappa shape index (κ2) is 6.84. The number of nitrogens with one attached hydrogen (secondary N) is 1. The van der Waals surface area contributed by atoms with E-state index in [0.717, 1.165) is 22.4 Å². The van der Waals surface area contributed by atoms with Crippen LogP contribution in [0.3, 0.4) is 0 Å². The number of hydrogen-bond donors (Lipinski definition) is 1. The number of nitrogens with zero attached hydrogens (tertiary/aromatic N) is 5. The van der Waals surface area contributed by atoms with Crippen molar-refractivity contribution >= 4 is 17.6 Å². The first-order valence-corrected chi connectivity index (χ1v) is 9.28. The first-order chi connectivity index (χ1) is 13.7. The largest absolute Gasteiger partial charge is 0.444 e. The second-order valence-electron chi connectivity index (χ2n) is 7.99. The van der Waals surface area contributed by atoms with Crippen molar-refractivity contribution < 1.29 is 14.3 Å². The van der Waals surface area contributed by atoms with Crippen LogP contribution >= 0.6 is 0 Å². The summed E-state index contributed by atoms with van der Waals surface area (Å²) in [5.74, 6) is 0.521. The molecule has 0 fully saturated rings. The molecule has 150 valence electrons. The molecule has 9 heteroatoms. The number of rotatable bonds is 3. The van der Waals surface area contributed by atoms with Crippen molar-refractivity contribution in [3.63, 3.8) is 0 Å². The summed E-state index contributed by atoms with van der Waals surface area (Å²) in [6, 6.07) is 9.37. The molecule has 4 rings (SSSR count). The number of fused-ring (bicyclic) bond motifs is 2. The number of ether oxygens (including phenoxy) is 1. The van der Waals surface area contributed by atoms with E-state index in [2.05, 4.69) is 20.6 Å². The van der Waals surface area contributed by atoms with Gasteiger partial charge in [0.05, 0.1) is 12.2 Å². The molecular weight excluding hydrogens is 372 g/mol. The van der Waals surface area contributed by atoms with E-state index in [9.17, 15) is 9.59 Å². The summed E-state index contributed by atoms with van der Waals surface area (Å²) in [5, 5.41) is 15.5. The SMILES string of the molecule is CN1Cc2cc(-c3ccc4nnc(CNC(=O)OC(C)(C)C)n4n3)ccc2C1=O. The average Bonchev–Trinajstić information content (AvgIpc) is 3.18. The molecule has 1 N–H and O–H groups in total. The zero-order chi connectivity index (χ0) is 20.8. The molecule has 0 bridgehead atoms. The molecule has 0 spiro atoms. The standard InChI is InChI=1S/C20H22N6O3/c1-20(2,3)29-19(28)21-10-17-23-22-16-8-7-15(24-26(16)17)12-5-6-14-13(9-12)11-25(4)18(14)27/h5-9H,10-11H2,1-4H3,(H,21,28). The van der Waals surface area contributed by atoms with Crippen molar-refractivity contribution in [3.05, 3.63) is 47.3 Å². The van der Waals surface area contributed by atoms with Crippen LogP contribution in [0.5, 0.6) is 0 Å². The normalized spacial score (nSPS) is 13.7. The number of benzene rings is 1. The van der Waals surface area contributed by atoms with Crippen LogP contribution in [0.1, 0.15) is 42.5 Å². The number of carbonyl (C=O) groups excluding carboxylic acids is 2. The van der Waals surface area contributed by atoms with E-state index in [1.54, 1.807) is 37.2 Å². The molecule has 1 aliphatic heterocycles. The maximum absolute atomic E-state index is 12.1. The highest BCUT2D eigenvalue weighted by molar-refractivity contribution is 5.98. The van der Waals surface area contributed by atoms with Crippen LogP contribution in [0, 0.1) is 0 Å². The highest BCUT2D eigenvalue weighted by Gasteiger charge is 2.24. The topological polar surface area (TPSA) is 102 Å². The van der Waals surface area contributed by atoms with Crippen molar-refractivity contribution in [2.75, 3.05) is 7.05 Å². The molecule has 0 saturated carbocycles. The van der Waals surface area contributed by atoms with Gasteiger partial charge in [-0.15, -0.1) is 10.2 Å². The number of aromatic nitrogens is 4. The highest BCUT2D eigenvalue weighted by atomic mass is 16.6. The van der Waals surface area contributed by atoms with E-state index in [1.165, 1.54) is 0 Å². The molecule has 29 heavy (non-hydrogen) atoms. The van der Waals surface area contributed by atoms with Gasteiger partial charge in [0.25, 0.3) is 5.91 Å². The Hall–Kier alpha value is -3.49. The molecule has 0 atom stereocenters. The summed E-state index contributed by atoms with van der Waals surface area (Å²) in [4.78, 5) is 25.7. The van der Waals surface area contributed by atoms with E-state index in [1.807, 2.05) is 30.3 Å². The van der Waals surface area contributed by atoms with E-state index >= 15 is 0 Å². The van der Waals surface area contributed by atoms with Gasteiger partial charge < -0.3 is 15.0 Å². The summed E-state index contributed by atoms with van der Waals surface area (Å²) in [7, 11) is 1.79. The highest BCUT2D eigenvalue weighted by Crippen LogP contribution is 2.27. The van der Waals surface area contributed by atoms with Crippen LogP contribution in [-0.4, -0.2) is 49.4 Å². The maximum Gasteiger partial charge on any atom is 0.408 e. The van der Waals surface area contributed by atoms with Crippen molar-refractivity contribution in [1.82, 2.24) is 30.0 Å². The number of alkyl carbamates (subject to hydrolysis) is 1. The van der Waals surface area contributed by atoms with Crippen LogP contribution < -0.4 is 5.32 Å². The fourth-order valence-corrected chi connectivity index (χ4v) is 3.19. The summed E-state index contributed by atoms with van der Waals surface area (Å²) in [6.45, 7) is 6.12. The van der Waals surface area contributed by atoms with Gasteiger partial charge in [-0.1, -0.05) is 6.07 Å². The zero-order valence-electron chi connectivity index (χ0n) is 16.8. The smallest absolute Gasteiger partial charge is 0.408 e. The molecule has 2 aromatic heterocycles. The number of hydrogen-bond acceptors (Lipinski definition) is 6. The Labute approximate surface area is 167 Å². The van der Waals surface area contributed by atoms with Crippen molar-refractivity contribution in [2.45, 2.75) is 39.5 Å². The molecule has 0 aliphatic carbocycles. The van der Waals surface area contributed by atoms with E-state index in [4.69, 9.17) is 4.74 Å². The first kappa shape index (κ1) is 18.9. The van der Waals surface area contributed by atoms with Gasteiger partial charge in [0.15, 0.2) is 11.5 Å². The predicted molar refractivity (Wildman–Crippen MR) is 105 cm³/mol. The van der Waals surface area contributed by atoms with Crippen molar-refractivity contribution in [1.29, 1.82) is 0 Å². The Kier molecular flexibility index (Phi) is 4.45.